The SMILES string of the molecule is COc1cccc(NC(CO)C2(SC)CC2)c1. The summed E-state index contributed by atoms with van der Waals surface area (Å²) in [5.41, 5.74) is 1.00. The van der Waals surface area contributed by atoms with Crippen LogP contribution in [-0.4, -0.2) is 35.9 Å². The van der Waals surface area contributed by atoms with Crippen LogP contribution in [0.25, 0.3) is 0 Å². The Morgan fingerprint density at radius 1 is 1.53 bits per heavy atom. The maximum absolute atomic E-state index is 9.51. The summed E-state index contributed by atoms with van der Waals surface area (Å²) in [6, 6.07) is 7.94. The zero-order chi connectivity index (χ0) is 12.3. The highest BCUT2D eigenvalue weighted by Gasteiger charge is 2.48. The number of benzene rings is 1. The standard InChI is InChI=1S/C13H19NO2S/c1-16-11-5-3-4-10(8-11)14-12(9-15)13(17-2)6-7-13/h3-5,8,12,14-15H,6-7,9H2,1-2H3. The van der Waals surface area contributed by atoms with E-state index < -0.39 is 0 Å². The Bertz CT molecular complexity index is 379. The molecular formula is C13H19NO2S. The van der Waals surface area contributed by atoms with Crippen LogP contribution in [0.4, 0.5) is 5.69 Å². The molecule has 0 radical (unpaired) electrons. The first-order valence-corrected chi connectivity index (χ1v) is 7.03. The number of hydrogen-bond acceptors (Lipinski definition) is 4. The number of aliphatic hydroxyl groups is 1. The van der Waals surface area contributed by atoms with Gasteiger partial charge >= 0.3 is 0 Å². The fourth-order valence-electron chi connectivity index (χ4n) is 2.08. The number of ether oxygens (including phenoxy) is 1. The van der Waals surface area contributed by atoms with Gasteiger partial charge in [0.05, 0.1) is 19.8 Å². The topological polar surface area (TPSA) is 41.5 Å². The van der Waals surface area contributed by atoms with Crippen molar-refractivity contribution in [3.8, 4) is 5.75 Å². The van der Waals surface area contributed by atoms with Crippen molar-refractivity contribution in [2.24, 2.45) is 0 Å². The van der Waals surface area contributed by atoms with Crippen molar-refractivity contribution in [3.63, 3.8) is 0 Å². The summed E-state index contributed by atoms with van der Waals surface area (Å²) in [5.74, 6) is 0.834. The summed E-state index contributed by atoms with van der Waals surface area (Å²) in [6.07, 6.45) is 4.47. The zero-order valence-electron chi connectivity index (χ0n) is 10.3. The van der Waals surface area contributed by atoms with E-state index in [-0.39, 0.29) is 17.4 Å². The second kappa shape index (κ2) is 5.19. The van der Waals surface area contributed by atoms with Crippen molar-refractivity contribution in [3.05, 3.63) is 24.3 Å². The smallest absolute Gasteiger partial charge is 0.120 e. The number of hydrogen-bond donors (Lipinski definition) is 2. The molecule has 0 spiro atoms. The largest absolute Gasteiger partial charge is 0.497 e. The van der Waals surface area contributed by atoms with Crippen LogP contribution < -0.4 is 10.1 Å². The third kappa shape index (κ3) is 2.69. The van der Waals surface area contributed by atoms with Crippen LogP contribution in [0.5, 0.6) is 5.75 Å². The van der Waals surface area contributed by atoms with Gasteiger partial charge in [-0.1, -0.05) is 6.07 Å². The summed E-state index contributed by atoms with van der Waals surface area (Å²) >= 11 is 1.85. The van der Waals surface area contributed by atoms with Gasteiger partial charge in [0, 0.05) is 16.5 Å². The molecule has 0 aliphatic heterocycles. The lowest BCUT2D eigenvalue weighted by atomic mass is 10.1. The van der Waals surface area contributed by atoms with Crippen molar-refractivity contribution in [2.45, 2.75) is 23.6 Å². The molecule has 3 nitrogen and oxygen atoms in total. The molecule has 0 saturated heterocycles. The third-order valence-electron chi connectivity index (χ3n) is 3.38. The van der Waals surface area contributed by atoms with E-state index in [0.717, 1.165) is 11.4 Å². The molecule has 1 saturated carbocycles. The maximum Gasteiger partial charge on any atom is 0.120 e. The van der Waals surface area contributed by atoms with Crippen molar-refractivity contribution in [1.29, 1.82) is 0 Å². The molecule has 1 aliphatic carbocycles. The third-order valence-corrected chi connectivity index (χ3v) is 4.88. The Balaban J connectivity index is 2.07. The molecule has 17 heavy (non-hydrogen) atoms. The van der Waals surface area contributed by atoms with Gasteiger partial charge in [-0.05, 0) is 31.2 Å². The maximum atomic E-state index is 9.51. The van der Waals surface area contributed by atoms with Gasteiger partial charge in [0.2, 0.25) is 0 Å². The molecule has 1 aliphatic rings. The Labute approximate surface area is 107 Å². The molecule has 1 aromatic carbocycles. The van der Waals surface area contributed by atoms with Gasteiger partial charge in [-0.2, -0.15) is 11.8 Å². The number of methoxy groups -OCH3 is 1. The molecular weight excluding hydrogens is 234 g/mol. The van der Waals surface area contributed by atoms with E-state index in [4.69, 9.17) is 4.74 Å². The molecule has 1 atom stereocenters. The zero-order valence-corrected chi connectivity index (χ0v) is 11.1. The van der Waals surface area contributed by atoms with E-state index in [0.29, 0.717) is 0 Å². The first-order valence-electron chi connectivity index (χ1n) is 5.81. The fourth-order valence-corrected chi connectivity index (χ4v) is 3.00. The van der Waals surface area contributed by atoms with Crippen LogP contribution in [0.1, 0.15) is 12.8 Å². The van der Waals surface area contributed by atoms with E-state index in [1.54, 1.807) is 7.11 Å². The van der Waals surface area contributed by atoms with Gasteiger partial charge in [-0.3, -0.25) is 0 Å². The fraction of sp³-hybridized carbons (Fsp3) is 0.538. The van der Waals surface area contributed by atoms with Gasteiger partial charge in [0.1, 0.15) is 5.75 Å². The van der Waals surface area contributed by atoms with Crippen LogP contribution >= 0.6 is 11.8 Å². The second-order valence-electron chi connectivity index (χ2n) is 4.38. The molecule has 0 aromatic heterocycles. The van der Waals surface area contributed by atoms with Gasteiger partial charge in [0.15, 0.2) is 0 Å². The van der Waals surface area contributed by atoms with E-state index in [9.17, 15) is 5.11 Å². The molecule has 0 heterocycles. The van der Waals surface area contributed by atoms with Crippen LogP contribution in [0.3, 0.4) is 0 Å². The Morgan fingerprint density at radius 2 is 2.29 bits per heavy atom. The molecule has 1 fully saturated rings. The molecule has 4 heteroatoms. The van der Waals surface area contributed by atoms with Crippen LogP contribution in [0.15, 0.2) is 24.3 Å². The van der Waals surface area contributed by atoms with Gasteiger partial charge in [-0.25, -0.2) is 0 Å². The van der Waals surface area contributed by atoms with Gasteiger partial charge in [-0.15, -0.1) is 0 Å². The average Bonchev–Trinajstić information content (AvgIpc) is 3.17. The Morgan fingerprint density at radius 3 is 2.82 bits per heavy atom. The Kier molecular flexibility index (Phi) is 3.84. The lowest BCUT2D eigenvalue weighted by Crippen LogP contribution is -2.36. The molecule has 2 N–H and O–H groups in total. The highest BCUT2D eigenvalue weighted by Crippen LogP contribution is 2.50. The number of anilines is 1. The molecule has 1 unspecified atom stereocenters. The van der Waals surface area contributed by atoms with Crippen molar-refractivity contribution >= 4 is 17.4 Å². The lowest BCUT2D eigenvalue weighted by molar-refractivity contribution is 0.269. The van der Waals surface area contributed by atoms with Crippen LogP contribution in [-0.2, 0) is 0 Å². The predicted octanol–water partition coefficient (Wildman–Crippen LogP) is 2.36. The highest BCUT2D eigenvalue weighted by atomic mass is 32.2. The number of nitrogens with one attached hydrogen (secondary N) is 1. The normalized spacial score (nSPS) is 18.5. The van der Waals surface area contributed by atoms with Crippen LogP contribution in [0.2, 0.25) is 0 Å². The van der Waals surface area contributed by atoms with Gasteiger partial charge in [0.25, 0.3) is 0 Å². The summed E-state index contributed by atoms with van der Waals surface area (Å²) in [4.78, 5) is 0. The highest BCUT2D eigenvalue weighted by molar-refractivity contribution is 8.00. The monoisotopic (exact) mass is 253 g/mol. The quantitative estimate of drug-likeness (QED) is 0.816. The first kappa shape index (κ1) is 12.6. The van der Waals surface area contributed by atoms with Gasteiger partial charge < -0.3 is 15.2 Å². The van der Waals surface area contributed by atoms with Crippen molar-refractivity contribution in [1.82, 2.24) is 0 Å². The number of aliphatic hydroxyl groups excluding tert-OH is 1. The Hall–Kier alpha value is -0.870. The van der Waals surface area contributed by atoms with E-state index in [2.05, 4.69) is 11.6 Å². The van der Waals surface area contributed by atoms with Crippen molar-refractivity contribution < 1.29 is 9.84 Å². The lowest BCUT2D eigenvalue weighted by Gasteiger charge is -2.25. The summed E-state index contributed by atoms with van der Waals surface area (Å²) < 4.78 is 5.41. The summed E-state index contributed by atoms with van der Waals surface area (Å²) in [5, 5.41) is 12.9. The molecule has 1 aromatic rings. The molecule has 2 rings (SSSR count). The van der Waals surface area contributed by atoms with Crippen LogP contribution in [0, 0.1) is 0 Å². The number of thioether (sulfide) groups is 1. The number of rotatable bonds is 6. The minimum absolute atomic E-state index is 0.115. The predicted molar refractivity (Wildman–Crippen MR) is 73.0 cm³/mol. The van der Waals surface area contributed by atoms with E-state index >= 15 is 0 Å². The first-order chi connectivity index (χ1) is 8.24. The molecule has 0 bridgehead atoms. The van der Waals surface area contributed by atoms with Crippen molar-refractivity contribution in [2.75, 3.05) is 25.3 Å². The molecule has 94 valence electrons. The summed E-state index contributed by atoms with van der Waals surface area (Å²) in [6.45, 7) is 0.165. The minimum atomic E-state index is 0.115. The van der Waals surface area contributed by atoms with E-state index in [1.807, 2.05) is 36.0 Å². The average molecular weight is 253 g/mol. The second-order valence-corrected chi connectivity index (χ2v) is 5.60. The summed E-state index contributed by atoms with van der Waals surface area (Å²) in [7, 11) is 1.66. The van der Waals surface area contributed by atoms with E-state index in [1.165, 1.54) is 12.8 Å². The molecule has 0 amide bonds. The minimum Gasteiger partial charge on any atom is -0.497 e.